The van der Waals surface area contributed by atoms with Gasteiger partial charge in [-0.2, -0.15) is 4.98 Å². The van der Waals surface area contributed by atoms with E-state index in [-0.39, 0.29) is 12.2 Å². The number of hydrogen-bond donors (Lipinski definition) is 4. The molecule has 1 aromatic heterocycles. The molecule has 0 aliphatic rings. The Bertz CT molecular complexity index is 946. The molecule has 4 N–H and O–H groups in total. The largest absolute Gasteiger partial charge is 0.508 e. The fourth-order valence-corrected chi connectivity index (χ4v) is 2.30. The average Bonchev–Trinajstić information content (AvgIpc) is 2.58. The molecule has 132 valence electrons. The smallest absolute Gasteiger partial charge is 0.307 e. The standard InChI is InChI=1S/C18H17N5O3/c1-11-5-6-14(9-15(11)24)22-18-20-10-19-17(23-18)21-13-4-2-3-12(7-13)8-16(25)26/h2-7,9-10,24H,8H2,1H3,(H,25,26)(H2,19,20,21,22,23). The molecule has 0 unspecified atom stereocenters. The molecule has 3 aromatic rings. The van der Waals surface area contributed by atoms with Crippen molar-refractivity contribution in [1.82, 2.24) is 15.0 Å². The number of nitrogens with zero attached hydrogens (tertiary/aromatic N) is 3. The van der Waals surface area contributed by atoms with Crippen LogP contribution in [0.25, 0.3) is 0 Å². The van der Waals surface area contributed by atoms with Gasteiger partial charge in [-0.05, 0) is 36.2 Å². The van der Waals surface area contributed by atoms with Crippen LogP contribution >= 0.6 is 0 Å². The van der Waals surface area contributed by atoms with Crippen molar-refractivity contribution in [2.75, 3.05) is 10.6 Å². The first-order valence-electron chi connectivity index (χ1n) is 7.83. The molecule has 1 heterocycles. The minimum absolute atomic E-state index is 0.0591. The number of phenols is 1. The third-order valence-corrected chi connectivity index (χ3v) is 3.58. The maximum atomic E-state index is 10.8. The molecule has 26 heavy (non-hydrogen) atoms. The van der Waals surface area contributed by atoms with Crippen LogP contribution in [-0.2, 0) is 11.2 Å². The number of aromatic hydroxyl groups is 1. The SMILES string of the molecule is Cc1ccc(Nc2ncnc(Nc3cccc(CC(=O)O)c3)n2)cc1O. The Labute approximate surface area is 149 Å². The second-order valence-corrected chi connectivity index (χ2v) is 5.65. The van der Waals surface area contributed by atoms with Gasteiger partial charge in [0.15, 0.2) is 0 Å². The van der Waals surface area contributed by atoms with Crippen LogP contribution in [0.5, 0.6) is 5.75 Å². The topological polar surface area (TPSA) is 120 Å². The summed E-state index contributed by atoms with van der Waals surface area (Å²) in [6.45, 7) is 1.81. The van der Waals surface area contributed by atoms with E-state index in [0.29, 0.717) is 28.8 Å². The Morgan fingerprint density at radius 1 is 1.04 bits per heavy atom. The fourth-order valence-electron chi connectivity index (χ4n) is 2.30. The molecule has 0 saturated heterocycles. The predicted octanol–water partition coefficient (Wildman–Crippen LogP) is 3.00. The monoisotopic (exact) mass is 351 g/mol. The van der Waals surface area contributed by atoms with E-state index in [1.807, 2.05) is 6.92 Å². The Hall–Kier alpha value is -3.68. The number of aryl methyl sites for hydroxylation is 1. The molecule has 2 aromatic carbocycles. The fraction of sp³-hybridized carbons (Fsp3) is 0.111. The van der Waals surface area contributed by atoms with Crippen molar-refractivity contribution in [1.29, 1.82) is 0 Å². The third-order valence-electron chi connectivity index (χ3n) is 3.58. The van der Waals surface area contributed by atoms with E-state index in [1.165, 1.54) is 6.33 Å². The number of anilines is 4. The number of nitrogens with one attached hydrogen (secondary N) is 2. The number of carbonyl (C=O) groups is 1. The molecule has 8 heteroatoms. The lowest BCUT2D eigenvalue weighted by molar-refractivity contribution is -0.136. The normalized spacial score (nSPS) is 10.3. The van der Waals surface area contributed by atoms with Crippen LogP contribution in [0.4, 0.5) is 23.3 Å². The van der Waals surface area contributed by atoms with E-state index >= 15 is 0 Å². The van der Waals surface area contributed by atoms with Crippen LogP contribution in [-0.4, -0.2) is 31.1 Å². The summed E-state index contributed by atoms with van der Waals surface area (Å²) in [5, 5.41) is 24.7. The molecule has 0 aliphatic carbocycles. The number of phenolic OH excluding ortho intramolecular Hbond substituents is 1. The molecule has 0 bridgehead atoms. The van der Waals surface area contributed by atoms with E-state index in [0.717, 1.165) is 5.56 Å². The highest BCUT2D eigenvalue weighted by Gasteiger charge is 2.06. The molecule has 0 radical (unpaired) electrons. The van der Waals surface area contributed by atoms with Gasteiger partial charge in [0, 0.05) is 17.4 Å². The molecule has 0 atom stereocenters. The van der Waals surface area contributed by atoms with Crippen molar-refractivity contribution in [3.05, 3.63) is 59.9 Å². The lowest BCUT2D eigenvalue weighted by Crippen LogP contribution is -2.04. The zero-order valence-corrected chi connectivity index (χ0v) is 14.0. The quantitative estimate of drug-likeness (QED) is 0.535. The molecule has 0 fully saturated rings. The summed E-state index contributed by atoms with van der Waals surface area (Å²) in [6, 6.07) is 12.2. The number of benzene rings is 2. The van der Waals surface area contributed by atoms with E-state index in [4.69, 9.17) is 5.11 Å². The van der Waals surface area contributed by atoms with E-state index in [9.17, 15) is 9.90 Å². The summed E-state index contributed by atoms with van der Waals surface area (Å²) < 4.78 is 0. The van der Waals surface area contributed by atoms with Crippen molar-refractivity contribution in [2.24, 2.45) is 0 Å². The van der Waals surface area contributed by atoms with Gasteiger partial charge in [-0.25, -0.2) is 9.97 Å². The highest BCUT2D eigenvalue weighted by molar-refractivity contribution is 5.71. The van der Waals surface area contributed by atoms with Crippen molar-refractivity contribution in [2.45, 2.75) is 13.3 Å². The van der Waals surface area contributed by atoms with Gasteiger partial charge in [0.2, 0.25) is 11.9 Å². The van der Waals surface area contributed by atoms with Gasteiger partial charge in [0.05, 0.1) is 6.42 Å². The van der Waals surface area contributed by atoms with Crippen molar-refractivity contribution in [3.8, 4) is 5.75 Å². The highest BCUT2D eigenvalue weighted by Crippen LogP contribution is 2.23. The van der Waals surface area contributed by atoms with Crippen LogP contribution in [0, 0.1) is 6.92 Å². The van der Waals surface area contributed by atoms with Crippen LogP contribution in [0.1, 0.15) is 11.1 Å². The van der Waals surface area contributed by atoms with Gasteiger partial charge in [0.1, 0.15) is 12.1 Å². The predicted molar refractivity (Wildman–Crippen MR) is 97.0 cm³/mol. The number of aromatic nitrogens is 3. The molecule has 3 rings (SSSR count). The van der Waals surface area contributed by atoms with Crippen molar-refractivity contribution >= 4 is 29.2 Å². The molecule has 0 saturated carbocycles. The summed E-state index contributed by atoms with van der Waals surface area (Å²) in [5.41, 5.74) is 2.77. The van der Waals surface area contributed by atoms with Crippen LogP contribution in [0.15, 0.2) is 48.8 Å². The van der Waals surface area contributed by atoms with E-state index in [1.54, 1.807) is 42.5 Å². The Morgan fingerprint density at radius 3 is 2.38 bits per heavy atom. The zero-order valence-electron chi connectivity index (χ0n) is 14.0. The minimum Gasteiger partial charge on any atom is -0.508 e. The van der Waals surface area contributed by atoms with Gasteiger partial charge in [-0.15, -0.1) is 0 Å². The average molecular weight is 351 g/mol. The number of hydrogen-bond acceptors (Lipinski definition) is 7. The van der Waals surface area contributed by atoms with Crippen molar-refractivity contribution < 1.29 is 15.0 Å². The summed E-state index contributed by atoms with van der Waals surface area (Å²) in [7, 11) is 0. The lowest BCUT2D eigenvalue weighted by atomic mass is 10.1. The molecular weight excluding hydrogens is 334 g/mol. The summed E-state index contributed by atoms with van der Waals surface area (Å²) in [4.78, 5) is 23.2. The van der Waals surface area contributed by atoms with Gasteiger partial charge in [-0.1, -0.05) is 18.2 Å². The summed E-state index contributed by atoms with van der Waals surface area (Å²) in [5.74, 6) is -0.0912. The molecule has 0 spiro atoms. The van der Waals surface area contributed by atoms with Gasteiger partial charge < -0.3 is 20.8 Å². The Kier molecular flexibility index (Phi) is 4.93. The number of carboxylic acid groups (broad SMARTS) is 1. The second kappa shape index (κ2) is 7.47. The van der Waals surface area contributed by atoms with E-state index in [2.05, 4.69) is 25.6 Å². The highest BCUT2D eigenvalue weighted by atomic mass is 16.4. The Morgan fingerprint density at radius 2 is 1.73 bits per heavy atom. The minimum atomic E-state index is -0.893. The zero-order chi connectivity index (χ0) is 18.5. The number of rotatable bonds is 6. The van der Waals surface area contributed by atoms with Crippen LogP contribution in [0.3, 0.4) is 0 Å². The molecule has 8 nitrogen and oxygen atoms in total. The van der Waals surface area contributed by atoms with Crippen LogP contribution < -0.4 is 10.6 Å². The maximum absolute atomic E-state index is 10.8. The molecule has 0 aliphatic heterocycles. The maximum Gasteiger partial charge on any atom is 0.307 e. The first kappa shape index (κ1) is 17.2. The Balaban J connectivity index is 1.75. The summed E-state index contributed by atoms with van der Waals surface area (Å²) in [6.07, 6.45) is 1.29. The number of carboxylic acids is 1. The first-order chi connectivity index (χ1) is 12.5. The van der Waals surface area contributed by atoms with Gasteiger partial charge in [-0.3, -0.25) is 4.79 Å². The van der Waals surface area contributed by atoms with E-state index < -0.39 is 5.97 Å². The van der Waals surface area contributed by atoms with Gasteiger partial charge in [0.25, 0.3) is 0 Å². The van der Waals surface area contributed by atoms with Crippen molar-refractivity contribution in [3.63, 3.8) is 0 Å². The van der Waals surface area contributed by atoms with Gasteiger partial charge >= 0.3 is 5.97 Å². The van der Waals surface area contributed by atoms with Crippen LogP contribution in [0.2, 0.25) is 0 Å². The number of aliphatic carboxylic acids is 1. The lowest BCUT2D eigenvalue weighted by Gasteiger charge is -2.09. The third kappa shape index (κ3) is 4.44. The molecular formula is C18H17N5O3. The second-order valence-electron chi connectivity index (χ2n) is 5.65. The molecule has 0 amide bonds. The summed E-state index contributed by atoms with van der Waals surface area (Å²) >= 11 is 0. The first-order valence-corrected chi connectivity index (χ1v) is 7.83.